The molecule has 19 heavy (non-hydrogen) atoms. The topological polar surface area (TPSA) is 50.4 Å². The minimum atomic E-state index is 0.000237. The van der Waals surface area contributed by atoms with Gasteiger partial charge in [-0.1, -0.05) is 19.3 Å². The summed E-state index contributed by atoms with van der Waals surface area (Å²) in [6, 6.07) is 0.000237. The average Bonchev–Trinajstić information content (AvgIpc) is 2.82. The van der Waals surface area contributed by atoms with Crippen LogP contribution in [0.3, 0.4) is 0 Å². The highest BCUT2D eigenvalue weighted by Gasteiger charge is 2.40. The summed E-state index contributed by atoms with van der Waals surface area (Å²) in [5, 5.41) is 6.32. The van der Waals surface area contributed by atoms with E-state index >= 15 is 0 Å². The molecule has 1 saturated carbocycles. The van der Waals surface area contributed by atoms with Gasteiger partial charge in [-0.05, 0) is 38.5 Å². The number of hydrogen-bond donors (Lipinski definition) is 2. The highest BCUT2D eigenvalue weighted by atomic mass is 16.5. The molecule has 0 aromatic carbocycles. The number of ether oxygens (including phenoxy) is 1. The SMILES string of the molecule is O=C1NCCCC1NCC1CCC2(CCCCC2)O1. The predicted octanol–water partition coefficient (Wildman–Crippen LogP) is 1.74. The summed E-state index contributed by atoms with van der Waals surface area (Å²) >= 11 is 0. The van der Waals surface area contributed by atoms with E-state index in [2.05, 4.69) is 10.6 Å². The van der Waals surface area contributed by atoms with Gasteiger partial charge in [0.15, 0.2) is 0 Å². The van der Waals surface area contributed by atoms with Gasteiger partial charge in [-0.2, -0.15) is 0 Å². The molecule has 1 amide bonds. The summed E-state index contributed by atoms with van der Waals surface area (Å²) in [7, 11) is 0. The van der Waals surface area contributed by atoms with Gasteiger partial charge < -0.3 is 15.4 Å². The van der Waals surface area contributed by atoms with E-state index in [0.29, 0.717) is 6.10 Å². The van der Waals surface area contributed by atoms with E-state index in [0.717, 1.165) is 32.4 Å². The van der Waals surface area contributed by atoms with Crippen LogP contribution in [0.2, 0.25) is 0 Å². The molecule has 3 fully saturated rings. The lowest BCUT2D eigenvalue weighted by molar-refractivity contribution is -0.124. The third-order valence-electron chi connectivity index (χ3n) is 4.98. The van der Waals surface area contributed by atoms with Crippen molar-refractivity contribution in [3.8, 4) is 0 Å². The van der Waals surface area contributed by atoms with E-state index in [1.807, 2.05) is 0 Å². The van der Waals surface area contributed by atoms with Crippen molar-refractivity contribution in [3.05, 3.63) is 0 Å². The molecule has 108 valence electrons. The minimum absolute atomic E-state index is 0.000237. The average molecular weight is 266 g/mol. The summed E-state index contributed by atoms with van der Waals surface area (Å²) in [4.78, 5) is 11.7. The van der Waals surface area contributed by atoms with Crippen LogP contribution < -0.4 is 10.6 Å². The van der Waals surface area contributed by atoms with Gasteiger partial charge in [0.05, 0.1) is 17.7 Å². The molecule has 4 nitrogen and oxygen atoms in total. The third kappa shape index (κ3) is 3.11. The zero-order chi connectivity index (χ0) is 13.1. The number of piperidine rings is 1. The first kappa shape index (κ1) is 13.4. The van der Waals surface area contributed by atoms with Crippen LogP contribution in [0.4, 0.5) is 0 Å². The maximum atomic E-state index is 11.7. The fourth-order valence-electron chi connectivity index (χ4n) is 3.84. The Morgan fingerprint density at radius 2 is 2.00 bits per heavy atom. The van der Waals surface area contributed by atoms with Crippen molar-refractivity contribution in [1.29, 1.82) is 0 Å². The van der Waals surface area contributed by atoms with E-state index in [1.165, 1.54) is 38.5 Å². The molecule has 3 aliphatic rings. The highest BCUT2D eigenvalue weighted by molar-refractivity contribution is 5.82. The smallest absolute Gasteiger partial charge is 0.237 e. The number of hydrogen-bond acceptors (Lipinski definition) is 3. The van der Waals surface area contributed by atoms with Crippen molar-refractivity contribution in [2.75, 3.05) is 13.1 Å². The molecule has 0 aromatic rings. The second kappa shape index (κ2) is 5.80. The molecule has 2 atom stereocenters. The molecular weight excluding hydrogens is 240 g/mol. The summed E-state index contributed by atoms with van der Waals surface area (Å²) in [5.41, 5.74) is 0.194. The van der Waals surface area contributed by atoms with Crippen LogP contribution in [0.25, 0.3) is 0 Å². The van der Waals surface area contributed by atoms with Gasteiger partial charge in [0, 0.05) is 13.1 Å². The van der Waals surface area contributed by atoms with Gasteiger partial charge in [-0.15, -0.1) is 0 Å². The first-order valence-electron chi connectivity index (χ1n) is 7.96. The highest BCUT2D eigenvalue weighted by Crippen LogP contribution is 2.41. The normalized spacial score (nSPS) is 34.4. The van der Waals surface area contributed by atoms with E-state index in [1.54, 1.807) is 0 Å². The van der Waals surface area contributed by atoms with Crippen LogP contribution in [-0.2, 0) is 9.53 Å². The summed E-state index contributed by atoms with van der Waals surface area (Å²) in [6.45, 7) is 1.67. The Bertz CT molecular complexity index is 326. The zero-order valence-corrected chi connectivity index (χ0v) is 11.7. The van der Waals surface area contributed by atoms with Crippen LogP contribution in [0.5, 0.6) is 0 Å². The molecule has 1 aliphatic carbocycles. The van der Waals surface area contributed by atoms with Gasteiger partial charge in [-0.3, -0.25) is 4.79 Å². The first-order valence-corrected chi connectivity index (χ1v) is 7.96. The monoisotopic (exact) mass is 266 g/mol. The third-order valence-corrected chi connectivity index (χ3v) is 4.98. The molecule has 1 spiro atoms. The van der Waals surface area contributed by atoms with Crippen molar-refractivity contribution in [3.63, 3.8) is 0 Å². The fourth-order valence-corrected chi connectivity index (χ4v) is 3.84. The maximum Gasteiger partial charge on any atom is 0.237 e. The Morgan fingerprint density at radius 1 is 1.16 bits per heavy atom. The molecule has 2 saturated heterocycles. The molecule has 2 N–H and O–H groups in total. The van der Waals surface area contributed by atoms with Crippen LogP contribution in [-0.4, -0.2) is 36.7 Å². The molecule has 0 aromatic heterocycles. The summed E-state index contributed by atoms with van der Waals surface area (Å²) in [5.74, 6) is 0.164. The quantitative estimate of drug-likeness (QED) is 0.818. The molecular formula is C15H26N2O2. The van der Waals surface area contributed by atoms with Crippen LogP contribution in [0.15, 0.2) is 0 Å². The summed E-state index contributed by atoms with van der Waals surface area (Å²) < 4.78 is 6.32. The molecule has 2 aliphatic heterocycles. The van der Waals surface area contributed by atoms with Crippen LogP contribution >= 0.6 is 0 Å². The molecule has 0 bridgehead atoms. The van der Waals surface area contributed by atoms with Gasteiger partial charge in [0.1, 0.15) is 0 Å². The van der Waals surface area contributed by atoms with Gasteiger partial charge >= 0.3 is 0 Å². The lowest BCUT2D eigenvalue weighted by Crippen LogP contribution is -2.50. The largest absolute Gasteiger partial charge is 0.370 e. The second-order valence-electron chi connectivity index (χ2n) is 6.42. The first-order chi connectivity index (χ1) is 9.27. The molecule has 2 unspecified atom stereocenters. The number of nitrogens with one attached hydrogen (secondary N) is 2. The van der Waals surface area contributed by atoms with Crippen LogP contribution in [0, 0.1) is 0 Å². The Morgan fingerprint density at radius 3 is 2.79 bits per heavy atom. The van der Waals surface area contributed by atoms with E-state index in [-0.39, 0.29) is 17.6 Å². The van der Waals surface area contributed by atoms with Gasteiger partial charge in [0.25, 0.3) is 0 Å². The number of amides is 1. The van der Waals surface area contributed by atoms with Crippen molar-refractivity contribution < 1.29 is 9.53 Å². The molecule has 0 radical (unpaired) electrons. The van der Waals surface area contributed by atoms with Gasteiger partial charge in [-0.25, -0.2) is 0 Å². The van der Waals surface area contributed by atoms with E-state index < -0.39 is 0 Å². The van der Waals surface area contributed by atoms with Crippen molar-refractivity contribution in [2.24, 2.45) is 0 Å². The van der Waals surface area contributed by atoms with E-state index in [4.69, 9.17) is 4.74 Å². The Kier molecular flexibility index (Phi) is 4.08. The molecule has 3 rings (SSSR count). The fraction of sp³-hybridized carbons (Fsp3) is 0.933. The molecule has 4 heteroatoms. The van der Waals surface area contributed by atoms with E-state index in [9.17, 15) is 4.79 Å². The van der Waals surface area contributed by atoms with Crippen molar-refractivity contribution in [2.45, 2.75) is 75.5 Å². The van der Waals surface area contributed by atoms with Crippen molar-refractivity contribution >= 4 is 5.91 Å². The lowest BCUT2D eigenvalue weighted by atomic mass is 9.83. The number of rotatable bonds is 3. The Balaban J connectivity index is 1.45. The minimum Gasteiger partial charge on any atom is -0.370 e. The predicted molar refractivity (Wildman–Crippen MR) is 74.0 cm³/mol. The zero-order valence-electron chi connectivity index (χ0n) is 11.7. The lowest BCUT2D eigenvalue weighted by Gasteiger charge is -2.33. The van der Waals surface area contributed by atoms with Gasteiger partial charge in [0.2, 0.25) is 5.91 Å². The second-order valence-corrected chi connectivity index (χ2v) is 6.42. The van der Waals surface area contributed by atoms with Crippen molar-refractivity contribution in [1.82, 2.24) is 10.6 Å². The van der Waals surface area contributed by atoms with Crippen LogP contribution in [0.1, 0.15) is 57.8 Å². The number of carbonyl (C=O) groups is 1. The Hall–Kier alpha value is -0.610. The molecule has 2 heterocycles. The summed E-state index contributed by atoms with van der Waals surface area (Å²) in [6.07, 6.45) is 11.2. The number of carbonyl (C=O) groups excluding carboxylic acids is 1. The standard InChI is InChI=1S/C15H26N2O2/c18-14-13(5-4-10-16-14)17-11-12-6-9-15(19-12)7-2-1-3-8-15/h12-13,17H,1-11H2,(H,16,18). The Labute approximate surface area is 115 Å². The maximum absolute atomic E-state index is 11.7.